The monoisotopic (exact) mass is 758 g/mol. The van der Waals surface area contributed by atoms with Gasteiger partial charge < -0.3 is 24.8 Å². The van der Waals surface area contributed by atoms with Gasteiger partial charge in [-0.2, -0.15) is 0 Å². The summed E-state index contributed by atoms with van der Waals surface area (Å²) in [5, 5.41) is 7.62. The molecule has 0 fully saturated rings. The Morgan fingerprint density at radius 3 is 2.34 bits per heavy atom. The van der Waals surface area contributed by atoms with Crippen LogP contribution in [-0.2, 0) is 30.3 Å². The summed E-state index contributed by atoms with van der Waals surface area (Å²) in [6, 6.07) is 33.0. The Balaban J connectivity index is 1.19. The van der Waals surface area contributed by atoms with Crippen molar-refractivity contribution in [2.24, 2.45) is 0 Å². The Hall–Kier alpha value is -6.23. The highest BCUT2D eigenvalue weighted by molar-refractivity contribution is 5.97. The fraction of sp³-hybridized carbons (Fsp3) is 0.311. The van der Waals surface area contributed by atoms with E-state index in [1.807, 2.05) is 73.7 Å². The zero-order chi connectivity index (χ0) is 40.1. The number of rotatable bonds is 16. The Kier molecular flexibility index (Phi) is 14.2. The van der Waals surface area contributed by atoms with Gasteiger partial charge in [0.2, 0.25) is 11.8 Å². The molecular formula is C45H50N4O7. The summed E-state index contributed by atoms with van der Waals surface area (Å²) in [5.41, 5.74) is 4.11. The van der Waals surface area contributed by atoms with Crippen molar-refractivity contribution in [2.75, 3.05) is 31.7 Å². The molecule has 0 aliphatic rings. The number of esters is 1. The third-order valence-corrected chi connectivity index (χ3v) is 8.94. The number of ether oxygens (including phenoxy) is 3. The lowest BCUT2D eigenvalue weighted by Crippen LogP contribution is -2.40. The molecule has 4 aromatic carbocycles. The second-order valence-corrected chi connectivity index (χ2v) is 14.5. The van der Waals surface area contributed by atoms with Gasteiger partial charge in [0.15, 0.2) is 0 Å². The number of anilines is 1. The fourth-order valence-corrected chi connectivity index (χ4v) is 6.12. The van der Waals surface area contributed by atoms with E-state index in [4.69, 9.17) is 14.2 Å². The predicted molar refractivity (Wildman–Crippen MR) is 217 cm³/mol. The van der Waals surface area contributed by atoms with Gasteiger partial charge in [-0.3, -0.25) is 19.3 Å². The molecule has 0 unspecified atom stereocenters. The summed E-state index contributed by atoms with van der Waals surface area (Å²) in [4.78, 5) is 56.9. The minimum absolute atomic E-state index is 0.0565. The van der Waals surface area contributed by atoms with E-state index >= 15 is 0 Å². The first-order valence-corrected chi connectivity index (χ1v) is 18.7. The lowest BCUT2D eigenvalue weighted by molar-refractivity contribution is -0.141. The molecule has 5 rings (SSSR count). The second-order valence-electron chi connectivity index (χ2n) is 14.5. The number of carbonyl (C=O) groups is 4. The van der Waals surface area contributed by atoms with Crippen LogP contribution in [0.5, 0.6) is 5.75 Å². The molecule has 0 aliphatic carbocycles. The number of hydrogen-bond acceptors (Lipinski definition) is 8. The van der Waals surface area contributed by atoms with Gasteiger partial charge in [0, 0.05) is 25.6 Å². The molecule has 5 aromatic rings. The number of nitrogens with one attached hydrogen (secondary N) is 2. The normalized spacial score (nSPS) is 11.7. The van der Waals surface area contributed by atoms with Crippen molar-refractivity contribution in [1.29, 1.82) is 0 Å². The smallest absolute Gasteiger partial charge is 0.416 e. The summed E-state index contributed by atoms with van der Waals surface area (Å²) in [6.45, 7) is 7.69. The van der Waals surface area contributed by atoms with E-state index in [1.165, 1.54) is 17.6 Å². The van der Waals surface area contributed by atoms with Gasteiger partial charge >= 0.3 is 12.1 Å². The number of amides is 3. The lowest BCUT2D eigenvalue weighted by Gasteiger charge is -2.27. The third kappa shape index (κ3) is 12.1. The third-order valence-electron chi connectivity index (χ3n) is 8.94. The SMILES string of the molecule is COC(=O)C[C@H](NC(=O)CNC(=O)CCCN(C(=O)OC(C)(C)C)c1cc(C)ccn1)c1ccc(-c2cccc3ccc(OCCc4ccccc4)cc23)cc1. The first-order valence-electron chi connectivity index (χ1n) is 18.7. The summed E-state index contributed by atoms with van der Waals surface area (Å²) < 4.78 is 16.6. The maximum absolute atomic E-state index is 13.1. The van der Waals surface area contributed by atoms with Crippen LogP contribution in [0.1, 0.15) is 62.8 Å². The molecule has 2 N–H and O–H groups in total. The van der Waals surface area contributed by atoms with Crippen molar-refractivity contribution < 1.29 is 33.4 Å². The van der Waals surface area contributed by atoms with Crippen molar-refractivity contribution in [1.82, 2.24) is 15.6 Å². The molecule has 3 amide bonds. The number of pyridine rings is 1. The number of methoxy groups -OCH3 is 1. The Bertz CT molecular complexity index is 2110. The minimum Gasteiger partial charge on any atom is -0.493 e. The van der Waals surface area contributed by atoms with Crippen LogP contribution in [0, 0.1) is 6.92 Å². The maximum Gasteiger partial charge on any atom is 0.416 e. The van der Waals surface area contributed by atoms with Crippen molar-refractivity contribution in [2.45, 2.75) is 65.0 Å². The predicted octanol–water partition coefficient (Wildman–Crippen LogP) is 7.89. The molecule has 0 saturated heterocycles. The standard InChI is InChI=1S/C45H50N4O7/c1-31-22-24-46-40(27-31)49(44(53)56-45(2,3)4)25-10-15-41(50)47-30-42(51)48-39(29-43(52)54-5)35-18-16-34(17-19-35)37-14-9-13-33-20-21-36(28-38(33)37)55-26-23-32-11-7-6-8-12-32/h6-9,11-14,16-22,24,27-28,39H,10,15,23,25-26,29-30H2,1-5H3,(H,47,50)(H,48,51)/t39-/m0/s1. The van der Waals surface area contributed by atoms with Crippen molar-refractivity contribution >= 4 is 40.5 Å². The fourth-order valence-electron chi connectivity index (χ4n) is 6.12. The highest BCUT2D eigenvalue weighted by atomic mass is 16.6. The average molecular weight is 759 g/mol. The second kappa shape index (κ2) is 19.4. The van der Waals surface area contributed by atoms with E-state index in [9.17, 15) is 19.2 Å². The molecule has 0 radical (unpaired) electrons. The number of carbonyl (C=O) groups excluding carboxylic acids is 4. The molecule has 56 heavy (non-hydrogen) atoms. The van der Waals surface area contributed by atoms with Crippen molar-refractivity contribution in [3.8, 4) is 16.9 Å². The molecule has 0 aliphatic heterocycles. The largest absolute Gasteiger partial charge is 0.493 e. The van der Waals surface area contributed by atoms with Crippen LogP contribution in [0.25, 0.3) is 21.9 Å². The quantitative estimate of drug-likeness (QED) is 0.0971. The topological polar surface area (TPSA) is 136 Å². The lowest BCUT2D eigenvalue weighted by atomic mass is 9.95. The molecule has 11 heteroatoms. The molecule has 0 saturated carbocycles. The Morgan fingerprint density at radius 2 is 1.62 bits per heavy atom. The van der Waals surface area contributed by atoms with E-state index in [-0.39, 0.29) is 31.8 Å². The van der Waals surface area contributed by atoms with Gasteiger partial charge in [0.05, 0.1) is 32.7 Å². The van der Waals surface area contributed by atoms with Crippen LogP contribution >= 0.6 is 0 Å². The molecule has 1 atom stereocenters. The molecule has 11 nitrogen and oxygen atoms in total. The van der Waals surface area contributed by atoms with E-state index in [1.54, 1.807) is 33.0 Å². The minimum atomic E-state index is -0.711. The van der Waals surface area contributed by atoms with E-state index in [0.29, 0.717) is 24.4 Å². The molecule has 0 bridgehead atoms. The number of nitrogens with zero attached hydrogens (tertiary/aromatic N) is 2. The molecule has 1 aromatic heterocycles. The van der Waals surface area contributed by atoms with Gasteiger partial charge in [-0.1, -0.05) is 78.9 Å². The van der Waals surface area contributed by atoms with Gasteiger partial charge in [-0.25, -0.2) is 9.78 Å². The molecule has 1 heterocycles. The summed E-state index contributed by atoms with van der Waals surface area (Å²) in [5.74, 6) is -0.114. The number of fused-ring (bicyclic) bond motifs is 1. The van der Waals surface area contributed by atoms with E-state index in [0.717, 1.165) is 39.6 Å². The summed E-state index contributed by atoms with van der Waals surface area (Å²) >= 11 is 0. The van der Waals surface area contributed by atoms with E-state index in [2.05, 4.69) is 45.9 Å². The van der Waals surface area contributed by atoms with Crippen LogP contribution in [-0.4, -0.2) is 61.3 Å². The zero-order valence-electron chi connectivity index (χ0n) is 32.7. The van der Waals surface area contributed by atoms with Crippen LogP contribution < -0.4 is 20.3 Å². The van der Waals surface area contributed by atoms with Gasteiger partial charge in [-0.05, 0) is 97.0 Å². The maximum atomic E-state index is 13.1. The van der Waals surface area contributed by atoms with Crippen molar-refractivity contribution in [3.05, 3.63) is 126 Å². The van der Waals surface area contributed by atoms with Gasteiger partial charge in [0.1, 0.15) is 17.2 Å². The van der Waals surface area contributed by atoms with Crippen molar-refractivity contribution in [3.63, 3.8) is 0 Å². The molecular weight excluding hydrogens is 709 g/mol. The highest BCUT2D eigenvalue weighted by Gasteiger charge is 2.25. The highest BCUT2D eigenvalue weighted by Crippen LogP contribution is 2.32. The first kappa shape index (κ1) is 40.9. The van der Waals surface area contributed by atoms with Gasteiger partial charge in [-0.15, -0.1) is 0 Å². The summed E-state index contributed by atoms with van der Waals surface area (Å²) in [7, 11) is 1.30. The number of aromatic nitrogens is 1. The van der Waals surface area contributed by atoms with Crippen LogP contribution in [0.3, 0.4) is 0 Å². The number of benzene rings is 4. The first-order chi connectivity index (χ1) is 26.9. The summed E-state index contributed by atoms with van der Waals surface area (Å²) in [6.07, 6.45) is 2.12. The number of aryl methyl sites for hydroxylation is 1. The molecule has 0 spiro atoms. The van der Waals surface area contributed by atoms with Gasteiger partial charge in [0.25, 0.3) is 0 Å². The zero-order valence-corrected chi connectivity index (χ0v) is 32.7. The van der Waals surface area contributed by atoms with Crippen LogP contribution in [0.2, 0.25) is 0 Å². The average Bonchev–Trinajstić information content (AvgIpc) is 3.18. The Morgan fingerprint density at radius 1 is 0.857 bits per heavy atom. The van der Waals surface area contributed by atoms with Crippen LogP contribution in [0.4, 0.5) is 10.6 Å². The number of hydrogen-bond donors (Lipinski definition) is 2. The van der Waals surface area contributed by atoms with E-state index < -0.39 is 29.6 Å². The van der Waals surface area contributed by atoms with Crippen LogP contribution in [0.15, 0.2) is 109 Å². The Labute approximate surface area is 328 Å². The molecule has 292 valence electrons.